The quantitative estimate of drug-likeness (QED) is 0.889. The van der Waals surface area contributed by atoms with Crippen LogP contribution in [0.4, 0.5) is 0 Å². The van der Waals surface area contributed by atoms with Crippen molar-refractivity contribution in [3.05, 3.63) is 41.2 Å². The molecule has 0 aliphatic heterocycles. The normalized spacial score (nSPS) is 10.9. The Morgan fingerprint density at radius 1 is 1.32 bits per heavy atom. The molecule has 0 spiro atoms. The molecular formula is C14H16N2O3. The Hall–Kier alpha value is -2.30. The molecule has 0 unspecified atom stereocenters. The Morgan fingerprint density at radius 3 is 2.53 bits per heavy atom. The number of aromatic hydroxyl groups is 1. The topological polar surface area (TPSA) is 75.4 Å². The maximum atomic E-state index is 11.0. The highest BCUT2D eigenvalue weighted by atomic mass is 16.4. The van der Waals surface area contributed by atoms with E-state index in [-0.39, 0.29) is 17.4 Å². The Balaban J connectivity index is 2.63. The molecule has 0 amide bonds. The van der Waals surface area contributed by atoms with Crippen molar-refractivity contribution < 1.29 is 15.0 Å². The molecule has 1 heterocycles. The number of hydrogen-bond donors (Lipinski definition) is 2. The van der Waals surface area contributed by atoms with E-state index in [1.165, 1.54) is 10.7 Å². The molecule has 0 bridgehead atoms. The van der Waals surface area contributed by atoms with Crippen LogP contribution in [0.25, 0.3) is 5.69 Å². The highest BCUT2D eigenvalue weighted by molar-refractivity contribution is 5.85. The predicted molar refractivity (Wildman–Crippen MR) is 71.0 cm³/mol. The van der Waals surface area contributed by atoms with Crippen molar-refractivity contribution in [1.82, 2.24) is 9.78 Å². The Labute approximate surface area is 111 Å². The maximum absolute atomic E-state index is 11.0. The number of carboxylic acids is 1. The molecule has 0 saturated heterocycles. The minimum absolute atomic E-state index is 0.0244. The standard InChI is InChI=1S/C14H16N2O3/c1-8(2)12-7-10(14(18)19)15-16(12)11-5-4-9(3)6-13(11)17/h4-8,17H,1-3H3,(H,18,19). The number of rotatable bonds is 3. The lowest BCUT2D eigenvalue weighted by molar-refractivity contribution is 0.0690. The summed E-state index contributed by atoms with van der Waals surface area (Å²) in [5.74, 6) is -0.893. The minimum atomic E-state index is -1.08. The van der Waals surface area contributed by atoms with Crippen LogP contribution in [-0.4, -0.2) is 26.0 Å². The highest BCUT2D eigenvalue weighted by Crippen LogP contribution is 2.27. The number of carboxylic acid groups (broad SMARTS) is 1. The van der Waals surface area contributed by atoms with Crippen molar-refractivity contribution in [2.45, 2.75) is 26.7 Å². The summed E-state index contributed by atoms with van der Waals surface area (Å²) in [6, 6.07) is 6.74. The van der Waals surface area contributed by atoms with Crippen molar-refractivity contribution >= 4 is 5.97 Å². The lowest BCUT2D eigenvalue weighted by atomic mass is 10.1. The summed E-state index contributed by atoms with van der Waals surface area (Å²) in [6.07, 6.45) is 0. The van der Waals surface area contributed by atoms with E-state index in [9.17, 15) is 9.90 Å². The van der Waals surface area contributed by atoms with E-state index in [0.717, 1.165) is 11.3 Å². The van der Waals surface area contributed by atoms with Crippen molar-refractivity contribution in [3.63, 3.8) is 0 Å². The molecule has 0 aliphatic rings. The third kappa shape index (κ3) is 2.45. The Bertz CT molecular complexity index is 630. The average molecular weight is 260 g/mol. The molecule has 0 atom stereocenters. The van der Waals surface area contributed by atoms with Crippen LogP contribution >= 0.6 is 0 Å². The number of aryl methyl sites for hydroxylation is 1. The number of nitrogens with zero attached hydrogens (tertiary/aromatic N) is 2. The van der Waals surface area contributed by atoms with Gasteiger partial charge in [-0.05, 0) is 36.6 Å². The molecule has 2 aromatic rings. The molecule has 2 N–H and O–H groups in total. The van der Waals surface area contributed by atoms with Crippen molar-refractivity contribution in [2.24, 2.45) is 0 Å². The molecule has 5 heteroatoms. The molecular weight excluding hydrogens is 244 g/mol. The van der Waals surface area contributed by atoms with Gasteiger partial charge >= 0.3 is 5.97 Å². The van der Waals surface area contributed by atoms with Crippen LogP contribution in [0.2, 0.25) is 0 Å². The lowest BCUT2D eigenvalue weighted by Crippen LogP contribution is -2.05. The molecule has 0 fully saturated rings. The largest absolute Gasteiger partial charge is 0.506 e. The van der Waals surface area contributed by atoms with E-state index >= 15 is 0 Å². The van der Waals surface area contributed by atoms with Gasteiger partial charge in [0.05, 0.1) is 0 Å². The van der Waals surface area contributed by atoms with Gasteiger partial charge in [0, 0.05) is 5.69 Å². The average Bonchev–Trinajstić information content (AvgIpc) is 2.73. The zero-order chi connectivity index (χ0) is 14.2. The minimum Gasteiger partial charge on any atom is -0.506 e. The van der Waals surface area contributed by atoms with E-state index in [1.807, 2.05) is 26.8 Å². The fraction of sp³-hybridized carbons (Fsp3) is 0.286. The smallest absolute Gasteiger partial charge is 0.356 e. The van der Waals surface area contributed by atoms with E-state index in [4.69, 9.17) is 5.11 Å². The van der Waals surface area contributed by atoms with Gasteiger partial charge in [0.1, 0.15) is 11.4 Å². The van der Waals surface area contributed by atoms with Crippen LogP contribution in [-0.2, 0) is 0 Å². The second-order valence-corrected chi connectivity index (χ2v) is 4.82. The van der Waals surface area contributed by atoms with Gasteiger partial charge in [-0.2, -0.15) is 5.10 Å². The Morgan fingerprint density at radius 2 is 2.00 bits per heavy atom. The van der Waals surface area contributed by atoms with Crippen molar-refractivity contribution in [1.29, 1.82) is 0 Å². The maximum Gasteiger partial charge on any atom is 0.356 e. The summed E-state index contributed by atoms with van der Waals surface area (Å²) in [4.78, 5) is 11.0. The second-order valence-electron chi connectivity index (χ2n) is 4.82. The van der Waals surface area contributed by atoms with Gasteiger partial charge in [-0.3, -0.25) is 0 Å². The van der Waals surface area contributed by atoms with E-state index in [2.05, 4.69) is 5.10 Å². The first-order chi connectivity index (χ1) is 8.90. The van der Waals surface area contributed by atoms with Gasteiger partial charge < -0.3 is 10.2 Å². The molecule has 2 rings (SSSR count). The summed E-state index contributed by atoms with van der Waals surface area (Å²) in [5, 5.41) is 23.1. The van der Waals surface area contributed by atoms with Crippen LogP contribution in [0.3, 0.4) is 0 Å². The number of aromatic nitrogens is 2. The van der Waals surface area contributed by atoms with E-state index < -0.39 is 5.97 Å². The van der Waals surface area contributed by atoms with Crippen LogP contribution in [0.1, 0.15) is 41.5 Å². The van der Waals surface area contributed by atoms with Gasteiger partial charge in [0.2, 0.25) is 0 Å². The fourth-order valence-corrected chi connectivity index (χ4v) is 1.92. The van der Waals surface area contributed by atoms with Gasteiger partial charge in [0.25, 0.3) is 0 Å². The molecule has 0 radical (unpaired) electrons. The molecule has 5 nitrogen and oxygen atoms in total. The SMILES string of the molecule is Cc1ccc(-n2nc(C(=O)O)cc2C(C)C)c(O)c1. The third-order valence-electron chi connectivity index (χ3n) is 2.91. The van der Waals surface area contributed by atoms with E-state index in [0.29, 0.717) is 5.69 Å². The van der Waals surface area contributed by atoms with E-state index in [1.54, 1.807) is 12.1 Å². The number of phenolic OH excluding ortho intramolecular Hbond substituents is 1. The second kappa shape index (κ2) is 4.76. The highest BCUT2D eigenvalue weighted by Gasteiger charge is 2.18. The van der Waals surface area contributed by atoms with Crippen LogP contribution < -0.4 is 0 Å². The monoisotopic (exact) mass is 260 g/mol. The third-order valence-corrected chi connectivity index (χ3v) is 2.91. The number of benzene rings is 1. The van der Waals surface area contributed by atoms with Crippen LogP contribution in [0.5, 0.6) is 5.75 Å². The summed E-state index contributed by atoms with van der Waals surface area (Å²) in [6.45, 7) is 5.77. The molecule has 1 aromatic carbocycles. The predicted octanol–water partition coefficient (Wildman–Crippen LogP) is 2.71. The molecule has 100 valence electrons. The Kier molecular flexibility index (Phi) is 3.29. The van der Waals surface area contributed by atoms with Crippen LogP contribution in [0.15, 0.2) is 24.3 Å². The van der Waals surface area contributed by atoms with Gasteiger partial charge in [-0.15, -0.1) is 0 Å². The van der Waals surface area contributed by atoms with Gasteiger partial charge in [-0.25, -0.2) is 9.48 Å². The number of phenols is 1. The van der Waals surface area contributed by atoms with Gasteiger partial charge in [0.15, 0.2) is 5.69 Å². The number of carbonyl (C=O) groups is 1. The molecule has 19 heavy (non-hydrogen) atoms. The molecule has 0 aliphatic carbocycles. The number of aromatic carboxylic acids is 1. The summed E-state index contributed by atoms with van der Waals surface area (Å²) in [7, 11) is 0. The van der Waals surface area contributed by atoms with Crippen molar-refractivity contribution in [2.75, 3.05) is 0 Å². The summed E-state index contributed by atoms with van der Waals surface area (Å²) >= 11 is 0. The first-order valence-electron chi connectivity index (χ1n) is 6.03. The van der Waals surface area contributed by atoms with Gasteiger partial charge in [-0.1, -0.05) is 19.9 Å². The summed E-state index contributed by atoms with van der Waals surface area (Å²) < 4.78 is 1.49. The number of hydrogen-bond acceptors (Lipinski definition) is 3. The van der Waals surface area contributed by atoms with Crippen LogP contribution in [0, 0.1) is 6.92 Å². The lowest BCUT2D eigenvalue weighted by Gasteiger charge is -2.11. The van der Waals surface area contributed by atoms with Crippen molar-refractivity contribution in [3.8, 4) is 11.4 Å². The summed E-state index contributed by atoms with van der Waals surface area (Å²) in [5.41, 5.74) is 2.14. The first kappa shape index (κ1) is 13.1. The zero-order valence-corrected chi connectivity index (χ0v) is 11.1. The molecule has 0 saturated carbocycles. The zero-order valence-electron chi connectivity index (χ0n) is 11.1. The fourth-order valence-electron chi connectivity index (χ4n) is 1.92. The molecule has 1 aromatic heterocycles. The first-order valence-corrected chi connectivity index (χ1v) is 6.03.